The zero-order valence-corrected chi connectivity index (χ0v) is 10.9. The molecule has 0 atom stereocenters. The molecule has 1 N–H and O–H groups in total. The van der Waals surface area contributed by atoms with E-state index in [4.69, 9.17) is 0 Å². The van der Waals surface area contributed by atoms with Crippen LogP contribution in [0.4, 0.5) is 0 Å². The van der Waals surface area contributed by atoms with Gasteiger partial charge in [0, 0.05) is 0 Å². The Balaban J connectivity index is 1.63. The maximum atomic E-state index is 10.0. The van der Waals surface area contributed by atoms with E-state index >= 15 is 0 Å². The van der Waals surface area contributed by atoms with Gasteiger partial charge >= 0.3 is 0 Å². The Bertz CT molecular complexity index is 427. The summed E-state index contributed by atoms with van der Waals surface area (Å²) in [4.78, 5) is 0. The summed E-state index contributed by atoms with van der Waals surface area (Å²) in [5.74, 6) is 3.51. The molecule has 0 spiro atoms. The van der Waals surface area contributed by atoms with Crippen molar-refractivity contribution in [3.8, 4) is 5.75 Å². The summed E-state index contributed by atoms with van der Waals surface area (Å²) in [5, 5.41) is 10.0. The molecular weight excluding hydrogens is 220 g/mol. The van der Waals surface area contributed by atoms with E-state index in [1.807, 2.05) is 12.1 Å². The van der Waals surface area contributed by atoms with Crippen molar-refractivity contribution in [3.05, 3.63) is 29.8 Å². The van der Waals surface area contributed by atoms with Crippen LogP contribution < -0.4 is 0 Å². The van der Waals surface area contributed by atoms with Crippen molar-refractivity contribution < 1.29 is 5.11 Å². The molecule has 1 aromatic carbocycles. The van der Waals surface area contributed by atoms with Gasteiger partial charge in [0.05, 0.1) is 0 Å². The van der Waals surface area contributed by atoms with Crippen LogP contribution in [0.3, 0.4) is 0 Å². The molecule has 1 aromatic rings. The second-order valence-corrected chi connectivity index (χ2v) is 7.22. The summed E-state index contributed by atoms with van der Waals surface area (Å²) in [5.41, 5.74) is 1.72. The SMILES string of the molecule is Oc1ccccc1CC12CC3CC(CC(C3)C1)C2. The molecule has 0 aliphatic heterocycles. The van der Waals surface area contributed by atoms with Crippen molar-refractivity contribution in [1.82, 2.24) is 0 Å². The average Bonchev–Trinajstić information content (AvgIpc) is 2.30. The molecule has 4 aliphatic rings. The van der Waals surface area contributed by atoms with Crippen LogP contribution in [0.25, 0.3) is 0 Å². The quantitative estimate of drug-likeness (QED) is 0.826. The lowest BCUT2D eigenvalue weighted by atomic mass is 9.48. The predicted molar refractivity (Wildman–Crippen MR) is 72.4 cm³/mol. The summed E-state index contributed by atoms with van der Waals surface area (Å²) < 4.78 is 0. The van der Waals surface area contributed by atoms with Crippen LogP contribution in [-0.4, -0.2) is 5.11 Å². The number of aromatic hydroxyl groups is 1. The smallest absolute Gasteiger partial charge is 0.118 e. The van der Waals surface area contributed by atoms with E-state index < -0.39 is 0 Å². The normalized spacial score (nSPS) is 41.2. The molecule has 4 aliphatic carbocycles. The van der Waals surface area contributed by atoms with E-state index in [2.05, 4.69) is 12.1 Å². The van der Waals surface area contributed by atoms with Gasteiger partial charge in [-0.2, -0.15) is 0 Å². The Morgan fingerprint density at radius 1 is 0.944 bits per heavy atom. The third kappa shape index (κ3) is 1.67. The lowest BCUT2D eigenvalue weighted by Crippen LogP contribution is -2.47. The molecule has 0 amide bonds. The zero-order valence-electron chi connectivity index (χ0n) is 10.9. The molecule has 0 aromatic heterocycles. The van der Waals surface area contributed by atoms with Crippen LogP contribution in [0.1, 0.15) is 44.1 Å². The van der Waals surface area contributed by atoms with Gasteiger partial charge in [-0.1, -0.05) is 18.2 Å². The summed E-state index contributed by atoms with van der Waals surface area (Å²) in [7, 11) is 0. The largest absolute Gasteiger partial charge is 0.508 e. The van der Waals surface area contributed by atoms with Crippen LogP contribution in [0.5, 0.6) is 5.75 Å². The minimum atomic E-state index is 0.508. The first-order valence-corrected chi connectivity index (χ1v) is 7.49. The summed E-state index contributed by atoms with van der Waals surface area (Å²) in [6, 6.07) is 7.96. The Hall–Kier alpha value is -0.980. The fourth-order valence-electron chi connectivity index (χ4n) is 5.57. The average molecular weight is 242 g/mol. The maximum absolute atomic E-state index is 10.0. The van der Waals surface area contributed by atoms with Crippen molar-refractivity contribution in [2.75, 3.05) is 0 Å². The number of hydrogen-bond donors (Lipinski definition) is 1. The molecule has 18 heavy (non-hydrogen) atoms. The lowest BCUT2D eigenvalue weighted by molar-refractivity contribution is -0.0524. The van der Waals surface area contributed by atoms with Crippen LogP contribution in [-0.2, 0) is 6.42 Å². The minimum Gasteiger partial charge on any atom is -0.508 e. The Morgan fingerprint density at radius 3 is 2.06 bits per heavy atom. The molecule has 0 saturated heterocycles. The first kappa shape index (κ1) is 10.9. The van der Waals surface area contributed by atoms with E-state index in [1.54, 1.807) is 0 Å². The number of phenols is 1. The lowest BCUT2D eigenvalue weighted by Gasteiger charge is -2.57. The molecule has 5 rings (SSSR count). The van der Waals surface area contributed by atoms with Crippen molar-refractivity contribution in [2.45, 2.75) is 44.9 Å². The number of hydrogen-bond acceptors (Lipinski definition) is 1. The van der Waals surface area contributed by atoms with Crippen molar-refractivity contribution >= 4 is 0 Å². The maximum Gasteiger partial charge on any atom is 0.118 e. The van der Waals surface area contributed by atoms with Crippen molar-refractivity contribution in [1.29, 1.82) is 0 Å². The predicted octanol–water partition coefficient (Wildman–Crippen LogP) is 4.15. The van der Waals surface area contributed by atoms with Gasteiger partial charge in [0.15, 0.2) is 0 Å². The highest BCUT2D eigenvalue weighted by molar-refractivity contribution is 5.33. The highest BCUT2D eigenvalue weighted by Gasteiger charge is 2.50. The van der Waals surface area contributed by atoms with E-state index in [1.165, 1.54) is 44.1 Å². The Morgan fingerprint density at radius 2 is 1.50 bits per heavy atom. The topological polar surface area (TPSA) is 20.2 Å². The van der Waals surface area contributed by atoms with E-state index in [9.17, 15) is 5.11 Å². The molecule has 4 saturated carbocycles. The number of rotatable bonds is 2. The molecular formula is C17H22O. The van der Waals surface area contributed by atoms with Crippen LogP contribution in [0.2, 0.25) is 0 Å². The summed E-state index contributed by atoms with van der Waals surface area (Å²) >= 11 is 0. The molecule has 4 bridgehead atoms. The minimum absolute atomic E-state index is 0.508. The first-order chi connectivity index (χ1) is 8.72. The molecule has 1 nitrogen and oxygen atoms in total. The summed E-state index contributed by atoms with van der Waals surface area (Å²) in [6.07, 6.45) is 9.89. The Kier molecular flexibility index (Phi) is 2.27. The number of benzene rings is 1. The molecule has 4 fully saturated rings. The fraction of sp³-hybridized carbons (Fsp3) is 0.647. The van der Waals surface area contributed by atoms with E-state index in [-0.39, 0.29) is 0 Å². The van der Waals surface area contributed by atoms with E-state index in [0.717, 1.165) is 24.2 Å². The van der Waals surface area contributed by atoms with Crippen LogP contribution in [0.15, 0.2) is 24.3 Å². The monoisotopic (exact) mass is 242 g/mol. The third-order valence-electron chi connectivity index (χ3n) is 5.72. The van der Waals surface area contributed by atoms with Gasteiger partial charge in [-0.05, 0) is 79.7 Å². The van der Waals surface area contributed by atoms with Gasteiger partial charge in [0.1, 0.15) is 5.75 Å². The van der Waals surface area contributed by atoms with Crippen LogP contribution >= 0.6 is 0 Å². The number of phenolic OH excluding ortho intramolecular Hbond substituents is 1. The zero-order chi connectivity index (χ0) is 12.2. The van der Waals surface area contributed by atoms with Gasteiger partial charge in [-0.3, -0.25) is 0 Å². The van der Waals surface area contributed by atoms with Crippen LogP contribution in [0, 0.1) is 23.2 Å². The second-order valence-electron chi connectivity index (χ2n) is 7.22. The van der Waals surface area contributed by atoms with Gasteiger partial charge in [0.2, 0.25) is 0 Å². The van der Waals surface area contributed by atoms with Gasteiger partial charge in [-0.15, -0.1) is 0 Å². The molecule has 1 heteroatoms. The summed E-state index contributed by atoms with van der Waals surface area (Å²) in [6.45, 7) is 0. The van der Waals surface area contributed by atoms with E-state index in [0.29, 0.717) is 11.2 Å². The highest BCUT2D eigenvalue weighted by Crippen LogP contribution is 2.61. The first-order valence-electron chi connectivity index (χ1n) is 7.49. The van der Waals surface area contributed by atoms with Gasteiger partial charge in [0.25, 0.3) is 0 Å². The van der Waals surface area contributed by atoms with Gasteiger partial charge < -0.3 is 5.11 Å². The Labute approximate surface area is 109 Å². The fourth-order valence-corrected chi connectivity index (χ4v) is 5.57. The number of para-hydroxylation sites is 1. The van der Waals surface area contributed by atoms with Crippen molar-refractivity contribution in [3.63, 3.8) is 0 Å². The molecule has 0 radical (unpaired) electrons. The molecule has 0 unspecified atom stereocenters. The molecule has 96 valence electrons. The van der Waals surface area contributed by atoms with Crippen molar-refractivity contribution in [2.24, 2.45) is 23.2 Å². The highest BCUT2D eigenvalue weighted by atomic mass is 16.3. The standard InChI is InChI=1S/C17H22O/c18-16-4-2-1-3-15(16)11-17-8-12-5-13(9-17)7-14(6-12)10-17/h1-4,12-14,18H,5-11H2. The molecule has 0 heterocycles. The van der Waals surface area contributed by atoms with Gasteiger partial charge in [-0.25, -0.2) is 0 Å². The second kappa shape index (κ2) is 3.76. The third-order valence-corrected chi connectivity index (χ3v) is 5.72.